The minimum absolute atomic E-state index is 0.0141. The van der Waals surface area contributed by atoms with Gasteiger partial charge in [0.25, 0.3) is 0 Å². The number of hydrogen-bond acceptors (Lipinski definition) is 5. The van der Waals surface area contributed by atoms with Crippen molar-refractivity contribution in [2.75, 3.05) is 13.2 Å². The van der Waals surface area contributed by atoms with Crippen LogP contribution >= 0.6 is 0 Å². The molecule has 1 saturated heterocycles. The Balaban J connectivity index is 2.43. The van der Waals surface area contributed by atoms with Crippen LogP contribution in [0.25, 0.3) is 0 Å². The number of aliphatic hydroxyl groups is 1. The molecule has 2 unspecified atom stereocenters. The molecule has 5 nitrogen and oxygen atoms in total. The highest BCUT2D eigenvalue weighted by molar-refractivity contribution is 5.82. The second kappa shape index (κ2) is 5.43. The molecule has 0 bridgehead atoms. The molecule has 0 aromatic carbocycles. The second-order valence-electron chi connectivity index (χ2n) is 3.98. The Labute approximate surface area is 95.0 Å². The van der Waals surface area contributed by atoms with E-state index in [2.05, 4.69) is 0 Å². The average Bonchev–Trinajstić information content (AvgIpc) is 2.96. The fraction of sp³-hybridized carbons (Fsp3) is 0.727. The van der Waals surface area contributed by atoms with Crippen LogP contribution in [0.15, 0.2) is 11.6 Å². The van der Waals surface area contributed by atoms with Crippen LogP contribution in [0.1, 0.15) is 27.2 Å². The maximum atomic E-state index is 11.3. The first-order valence-corrected chi connectivity index (χ1v) is 5.31. The van der Waals surface area contributed by atoms with E-state index in [-0.39, 0.29) is 19.1 Å². The van der Waals surface area contributed by atoms with Crippen molar-refractivity contribution in [3.05, 3.63) is 11.6 Å². The van der Waals surface area contributed by atoms with Crippen molar-refractivity contribution in [1.29, 1.82) is 0 Å². The maximum absolute atomic E-state index is 11.3. The van der Waals surface area contributed by atoms with Gasteiger partial charge in [-0.2, -0.15) is 0 Å². The molecule has 1 aliphatic rings. The quantitative estimate of drug-likeness (QED) is 0.318. The summed E-state index contributed by atoms with van der Waals surface area (Å²) in [4.78, 5) is 11.3. The average molecular weight is 230 g/mol. The number of esters is 1. The third kappa shape index (κ3) is 4.74. The summed E-state index contributed by atoms with van der Waals surface area (Å²) in [5.74, 6) is -2.46. The van der Waals surface area contributed by atoms with E-state index in [1.54, 1.807) is 20.8 Å². The molecule has 1 N–H and O–H groups in total. The molecule has 0 spiro atoms. The molecule has 92 valence electrons. The predicted octanol–water partition coefficient (Wildman–Crippen LogP) is 0.967. The number of allylic oxidation sites excluding steroid dienone is 1. The van der Waals surface area contributed by atoms with E-state index in [4.69, 9.17) is 14.2 Å². The molecular weight excluding hydrogens is 212 g/mol. The van der Waals surface area contributed by atoms with Crippen LogP contribution in [0, 0.1) is 0 Å². The van der Waals surface area contributed by atoms with Crippen LogP contribution in [0.4, 0.5) is 0 Å². The fourth-order valence-electron chi connectivity index (χ4n) is 1.01. The normalized spacial score (nSPS) is 22.1. The Kier molecular flexibility index (Phi) is 4.46. The molecule has 1 fully saturated rings. The van der Waals surface area contributed by atoms with Crippen LogP contribution in [0.3, 0.4) is 0 Å². The Morgan fingerprint density at radius 3 is 2.69 bits per heavy atom. The van der Waals surface area contributed by atoms with E-state index in [9.17, 15) is 9.90 Å². The van der Waals surface area contributed by atoms with Crippen molar-refractivity contribution in [1.82, 2.24) is 0 Å². The minimum Gasteiger partial charge on any atom is -0.405 e. The summed E-state index contributed by atoms with van der Waals surface area (Å²) in [5.41, 5.74) is 0.800. The highest BCUT2D eigenvalue weighted by Gasteiger charge is 2.34. The largest absolute Gasteiger partial charge is 0.405 e. The summed E-state index contributed by atoms with van der Waals surface area (Å²) in [7, 11) is 0. The number of carbonyl (C=O) groups is 1. The molecule has 1 rings (SSSR count). The zero-order valence-electron chi connectivity index (χ0n) is 9.86. The second-order valence-corrected chi connectivity index (χ2v) is 3.98. The lowest BCUT2D eigenvalue weighted by molar-refractivity contribution is -0.342. The number of epoxide rings is 1. The van der Waals surface area contributed by atoms with E-state index < -0.39 is 11.9 Å². The van der Waals surface area contributed by atoms with E-state index in [1.807, 2.05) is 0 Å². The van der Waals surface area contributed by atoms with Crippen molar-refractivity contribution in [2.24, 2.45) is 0 Å². The lowest BCUT2D eigenvalue weighted by atomic mass is 10.3. The van der Waals surface area contributed by atoms with Gasteiger partial charge in [-0.25, -0.2) is 4.79 Å². The third-order valence-corrected chi connectivity index (χ3v) is 2.01. The topological polar surface area (TPSA) is 68.3 Å². The molecule has 5 heteroatoms. The molecule has 0 amide bonds. The molecule has 0 aliphatic carbocycles. The molecule has 16 heavy (non-hydrogen) atoms. The molecule has 2 atom stereocenters. The van der Waals surface area contributed by atoms with Crippen LogP contribution in [0.5, 0.6) is 0 Å². The van der Waals surface area contributed by atoms with E-state index >= 15 is 0 Å². The van der Waals surface area contributed by atoms with Crippen LogP contribution in [-0.2, 0) is 19.0 Å². The Bertz CT molecular complexity index is 278. The first-order valence-electron chi connectivity index (χ1n) is 5.31. The van der Waals surface area contributed by atoms with Gasteiger partial charge < -0.3 is 19.3 Å². The van der Waals surface area contributed by atoms with Gasteiger partial charge >= 0.3 is 11.9 Å². The van der Waals surface area contributed by atoms with E-state index in [0.717, 1.165) is 5.57 Å². The van der Waals surface area contributed by atoms with Crippen molar-refractivity contribution < 1.29 is 24.1 Å². The van der Waals surface area contributed by atoms with Crippen molar-refractivity contribution in [2.45, 2.75) is 39.3 Å². The highest BCUT2D eigenvalue weighted by Crippen LogP contribution is 2.18. The van der Waals surface area contributed by atoms with Gasteiger partial charge in [-0.15, -0.1) is 0 Å². The summed E-state index contributed by atoms with van der Waals surface area (Å²) in [5, 5.41) is 9.83. The lowest BCUT2D eigenvalue weighted by Crippen LogP contribution is -2.38. The summed E-state index contributed by atoms with van der Waals surface area (Å²) >= 11 is 0. The Morgan fingerprint density at radius 1 is 1.62 bits per heavy atom. The van der Waals surface area contributed by atoms with Gasteiger partial charge in [0, 0.05) is 12.5 Å². The van der Waals surface area contributed by atoms with Gasteiger partial charge in [0.2, 0.25) is 0 Å². The number of ether oxygens (including phenoxy) is 3. The first-order chi connectivity index (χ1) is 7.45. The van der Waals surface area contributed by atoms with Crippen molar-refractivity contribution >= 4 is 5.97 Å². The summed E-state index contributed by atoms with van der Waals surface area (Å²) in [6.45, 7) is 6.06. The molecular formula is C11H18O5. The minimum atomic E-state index is -1.85. The smallest absolute Gasteiger partial charge is 0.334 e. The van der Waals surface area contributed by atoms with E-state index in [0.29, 0.717) is 6.61 Å². The van der Waals surface area contributed by atoms with Gasteiger partial charge in [-0.1, -0.05) is 12.5 Å². The van der Waals surface area contributed by atoms with Crippen molar-refractivity contribution in [3.8, 4) is 0 Å². The maximum Gasteiger partial charge on any atom is 0.334 e. The van der Waals surface area contributed by atoms with Crippen LogP contribution < -0.4 is 0 Å². The summed E-state index contributed by atoms with van der Waals surface area (Å²) in [6.07, 6.45) is 1.49. The number of carbonyl (C=O) groups excluding carboxylic acids is 1. The van der Waals surface area contributed by atoms with E-state index in [1.165, 1.54) is 6.08 Å². The predicted molar refractivity (Wildman–Crippen MR) is 56.5 cm³/mol. The number of hydrogen-bond donors (Lipinski definition) is 1. The Morgan fingerprint density at radius 2 is 2.25 bits per heavy atom. The van der Waals surface area contributed by atoms with Gasteiger partial charge in [0.1, 0.15) is 6.10 Å². The molecule has 1 aliphatic heterocycles. The monoisotopic (exact) mass is 230 g/mol. The Hall–Kier alpha value is -0.910. The van der Waals surface area contributed by atoms with Gasteiger partial charge in [-0.3, -0.25) is 0 Å². The number of rotatable bonds is 6. The molecule has 0 aromatic heterocycles. The van der Waals surface area contributed by atoms with Crippen molar-refractivity contribution in [3.63, 3.8) is 0 Å². The van der Waals surface area contributed by atoms with Gasteiger partial charge in [0.15, 0.2) is 0 Å². The van der Waals surface area contributed by atoms with Gasteiger partial charge in [0.05, 0.1) is 13.2 Å². The van der Waals surface area contributed by atoms with Crippen LogP contribution in [-0.4, -0.2) is 36.4 Å². The third-order valence-electron chi connectivity index (χ3n) is 2.01. The standard InChI is InChI=1S/C11H18O5/c1-4-11(13,15-7-9-6-14-9)16-10(12)5-8(2)3/h5,9,13H,4,6-7H2,1-3H3. The van der Waals surface area contributed by atoms with Crippen LogP contribution in [0.2, 0.25) is 0 Å². The SMILES string of the molecule is CCC(O)(OCC1CO1)OC(=O)C=C(C)C. The fourth-order valence-corrected chi connectivity index (χ4v) is 1.01. The lowest BCUT2D eigenvalue weighted by Gasteiger charge is -2.25. The molecule has 0 aromatic rings. The molecule has 0 saturated carbocycles. The van der Waals surface area contributed by atoms with Gasteiger partial charge in [-0.05, 0) is 13.8 Å². The summed E-state index contributed by atoms with van der Waals surface area (Å²) in [6, 6.07) is 0. The molecule has 0 radical (unpaired) electrons. The first kappa shape index (κ1) is 13.2. The molecule has 1 heterocycles. The summed E-state index contributed by atoms with van der Waals surface area (Å²) < 4.78 is 14.9. The highest BCUT2D eigenvalue weighted by atomic mass is 16.8. The zero-order chi connectivity index (χ0) is 12.2. The zero-order valence-corrected chi connectivity index (χ0v) is 9.86.